The minimum Gasteiger partial charge on any atom is -0.392 e. The van der Waals surface area contributed by atoms with Gasteiger partial charge in [0.2, 0.25) is 5.91 Å². The molecule has 1 saturated heterocycles. The number of unbranched alkanes of at least 4 members (excludes halogenated alkanes) is 1. The number of likely N-dealkylation sites (tertiary alicyclic amines) is 1. The molecule has 2 aliphatic carbocycles. The Morgan fingerprint density at radius 3 is 2.87 bits per heavy atom. The molecule has 0 unspecified atom stereocenters. The highest BCUT2D eigenvalue weighted by Crippen LogP contribution is 2.47. The second kappa shape index (κ2) is 10.9. The molecule has 0 aromatic carbocycles. The first-order valence-corrected chi connectivity index (χ1v) is 12.1. The lowest BCUT2D eigenvalue weighted by Crippen LogP contribution is -2.31. The maximum atomic E-state index is 12.1. The van der Waals surface area contributed by atoms with Gasteiger partial charge in [-0.3, -0.25) is 4.79 Å². The van der Waals surface area contributed by atoms with E-state index in [9.17, 15) is 15.0 Å². The Bertz CT molecular complexity index is 622. The Hall–Kier alpha value is -1.17. The maximum absolute atomic E-state index is 12.1. The molecule has 3 N–H and O–H groups in total. The van der Waals surface area contributed by atoms with Crippen molar-refractivity contribution in [2.45, 2.75) is 83.3 Å². The zero-order chi connectivity index (χ0) is 21.6. The fourth-order valence-corrected chi connectivity index (χ4v) is 5.44. The fraction of sp³-hybridized carbons (Fsp3) is 0.800. The maximum Gasteiger partial charge on any atom is 0.223 e. The highest BCUT2D eigenvalue weighted by Gasteiger charge is 2.43. The summed E-state index contributed by atoms with van der Waals surface area (Å²) in [4.78, 5) is 14.1. The van der Waals surface area contributed by atoms with Gasteiger partial charge in [0.15, 0.2) is 0 Å². The Kier molecular flexibility index (Phi) is 8.55. The minimum atomic E-state index is -0.648. The number of fused-ring (bicyclic) bond motifs is 1. The molecule has 3 aliphatic rings. The Labute approximate surface area is 182 Å². The van der Waals surface area contributed by atoms with Crippen molar-refractivity contribution in [2.75, 3.05) is 26.2 Å². The molecule has 1 saturated carbocycles. The third-order valence-electron chi connectivity index (χ3n) is 7.26. The van der Waals surface area contributed by atoms with Crippen LogP contribution in [0.4, 0.5) is 0 Å². The number of aliphatic hydroxyl groups is 2. The van der Waals surface area contributed by atoms with E-state index in [2.05, 4.69) is 30.5 Å². The van der Waals surface area contributed by atoms with Crippen LogP contribution in [0.5, 0.6) is 0 Å². The molecule has 0 spiro atoms. The molecule has 1 aliphatic heterocycles. The van der Waals surface area contributed by atoms with Crippen LogP contribution in [0.2, 0.25) is 0 Å². The van der Waals surface area contributed by atoms with Crippen molar-refractivity contribution in [1.29, 1.82) is 0 Å². The first kappa shape index (κ1) is 23.5. The van der Waals surface area contributed by atoms with E-state index in [-0.39, 0.29) is 17.9 Å². The summed E-state index contributed by atoms with van der Waals surface area (Å²) in [7, 11) is 0. The predicted molar refractivity (Wildman–Crippen MR) is 121 cm³/mol. The summed E-state index contributed by atoms with van der Waals surface area (Å²) in [5, 5.41) is 24.5. The van der Waals surface area contributed by atoms with Crippen molar-refractivity contribution in [2.24, 2.45) is 17.8 Å². The van der Waals surface area contributed by atoms with Gasteiger partial charge in [0.05, 0.1) is 11.7 Å². The summed E-state index contributed by atoms with van der Waals surface area (Å²) in [6, 6.07) is 0. The molecule has 0 radical (unpaired) electrons. The zero-order valence-electron chi connectivity index (χ0n) is 19.0. The summed E-state index contributed by atoms with van der Waals surface area (Å²) in [6.45, 7) is 7.50. The van der Waals surface area contributed by atoms with Gasteiger partial charge in [-0.25, -0.2) is 0 Å². The quantitative estimate of drug-likeness (QED) is 0.355. The van der Waals surface area contributed by atoms with E-state index in [0.29, 0.717) is 24.7 Å². The third kappa shape index (κ3) is 6.41. The average molecular weight is 419 g/mol. The van der Waals surface area contributed by atoms with Crippen LogP contribution in [-0.4, -0.2) is 58.9 Å². The van der Waals surface area contributed by atoms with Gasteiger partial charge < -0.3 is 20.4 Å². The normalized spacial score (nSPS) is 30.7. The lowest BCUT2D eigenvalue weighted by atomic mass is 9.88. The van der Waals surface area contributed by atoms with Gasteiger partial charge in [0.1, 0.15) is 0 Å². The number of nitrogens with one attached hydrogen (secondary N) is 1. The molecule has 5 heteroatoms. The first-order chi connectivity index (χ1) is 14.4. The van der Waals surface area contributed by atoms with E-state index in [1.165, 1.54) is 5.57 Å². The van der Waals surface area contributed by atoms with Gasteiger partial charge in [0.25, 0.3) is 0 Å². The van der Waals surface area contributed by atoms with Gasteiger partial charge >= 0.3 is 0 Å². The first-order valence-electron chi connectivity index (χ1n) is 12.1. The van der Waals surface area contributed by atoms with Gasteiger partial charge in [0, 0.05) is 38.5 Å². The number of hydrogen-bond donors (Lipinski definition) is 3. The van der Waals surface area contributed by atoms with Crippen molar-refractivity contribution >= 4 is 5.91 Å². The summed E-state index contributed by atoms with van der Waals surface area (Å²) in [6.07, 6.45) is 14.7. The van der Waals surface area contributed by atoms with Crippen LogP contribution in [0.3, 0.4) is 0 Å². The van der Waals surface area contributed by atoms with E-state index in [1.807, 2.05) is 11.8 Å². The number of carbonyl (C=O) groups excluding carboxylic acids is 1. The van der Waals surface area contributed by atoms with Gasteiger partial charge in [-0.05, 0) is 57.3 Å². The van der Waals surface area contributed by atoms with Crippen molar-refractivity contribution in [1.82, 2.24) is 10.2 Å². The summed E-state index contributed by atoms with van der Waals surface area (Å²) >= 11 is 0. The molecule has 0 bridgehead atoms. The van der Waals surface area contributed by atoms with Gasteiger partial charge in [-0.2, -0.15) is 0 Å². The number of nitrogens with zero attached hydrogens (tertiary/aromatic N) is 1. The van der Waals surface area contributed by atoms with E-state index in [4.69, 9.17) is 0 Å². The van der Waals surface area contributed by atoms with Crippen molar-refractivity contribution < 1.29 is 15.0 Å². The molecule has 170 valence electrons. The highest BCUT2D eigenvalue weighted by atomic mass is 16.3. The Morgan fingerprint density at radius 2 is 2.13 bits per heavy atom. The minimum absolute atomic E-state index is 0.183. The Morgan fingerprint density at radius 1 is 1.37 bits per heavy atom. The van der Waals surface area contributed by atoms with E-state index in [1.54, 1.807) is 0 Å². The number of aliphatic hydroxyl groups excluding tert-OH is 1. The third-order valence-corrected chi connectivity index (χ3v) is 7.26. The molecular formula is C25H42N2O3. The lowest BCUT2D eigenvalue weighted by Gasteiger charge is -2.22. The van der Waals surface area contributed by atoms with Crippen LogP contribution in [0.1, 0.15) is 71.6 Å². The van der Waals surface area contributed by atoms with Crippen molar-refractivity contribution in [3.8, 4) is 0 Å². The Balaban J connectivity index is 1.40. The number of amides is 1. The molecular weight excluding hydrogens is 376 g/mol. The highest BCUT2D eigenvalue weighted by molar-refractivity contribution is 5.76. The number of rotatable bonds is 11. The molecule has 30 heavy (non-hydrogen) atoms. The molecule has 0 aromatic rings. The van der Waals surface area contributed by atoms with Crippen LogP contribution in [0.15, 0.2) is 23.8 Å². The van der Waals surface area contributed by atoms with Crippen LogP contribution < -0.4 is 5.32 Å². The molecule has 2 fully saturated rings. The molecule has 3 rings (SSSR count). The van der Waals surface area contributed by atoms with Crippen molar-refractivity contribution in [3.63, 3.8) is 0 Å². The SMILES string of the molecule is CCCC[C@](C)(O)CC=C[C@@H]1[C@H]2CC(CNCCC(=O)N3CCCC3)=C[C@H]2C[C@H]1O. The number of allylic oxidation sites excluding steroid dienone is 1. The largest absolute Gasteiger partial charge is 0.392 e. The molecule has 1 heterocycles. The summed E-state index contributed by atoms with van der Waals surface area (Å²) in [5.74, 6) is 1.39. The smallest absolute Gasteiger partial charge is 0.223 e. The van der Waals surface area contributed by atoms with Crippen LogP contribution >= 0.6 is 0 Å². The van der Waals surface area contributed by atoms with Crippen LogP contribution in [-0.2, 0) is 4.79 Å². The van der Waals surface area contributed by atoms with E-state index < -0.39 is 5.60 Å². The van der Waals surface area contributed by atoms with Gasteiger partial charge in [-0.1, -0.05) is 43.6 Å². The van der Waals surface area contributed by atoms with Crippen molar-refractivity contribution in [3.05, 3.63) is 23.8 Å². The summed E-state index contributed by atoms with van der Waals surface area (Å²) < 4.78 is 0. The second-order valence-corrected chi connectivity index (χ2v) is 9.98. The fourth-order valence-electron chi connectivity index (χ4n) is 5.44. The molecule has 0 aromatic heterocycles. The standard InChI is InChI=1S/C25H42N2O3/c1-3-4-10-25(2,30)11-7-8-21-22-16-19(15-20(22)17-23(21)28)18-26-12-9-24(29)27-13-5-6-14-27/h7-8,15,20-23,26,28,30H,3-6,9-14,16-18H2,1-2H3/t20-,21+,22-,23+,25-/m0/s1. The zero-order valence-corrected chi connectivity index (χ0v) is 19.0. The van der Waals surface area contributed by atoms with Gasteiger partial charge in [-0.15, -0.1) is 0 Å². The lowest BCUT2D eigenvalue weighted by molar-refractivity contribution is -0.130. The monoisotopic (exact) mass is 418 g/mol. The second-order valence-electron chi connectivity index (χ2n) is 9.98. The summed E-state index contributed by atoms with van der Waals surface area (Å²) in [5.41, 5.74) is 0.768. The average Bonchev–Trinajstić information content (AvgIpc) is 3.42. The number of hydrogen-bond acceptors (Lipinski definition) is 4. The van der Waals surface area contributed by atoms with Crippen LogP contribution in [0.25, 0.3) is 0 Å². The molecule has 5 nitrogen and oxygen atoms in total. The van der Waals surface area contributed by atoms with E-state index in [0.717, 1.165) is 71.1 Å². The van der Waals surface area contributed by atoms with Crippen LogP contribution in [0, 0.1) is 17.8 Å². The van der Waals surface area contributed by atoms with E-state index >= 15 is 0 Å². The topological polar surface area (TPSA) is 72.8 Å². The molecule has 1 amide bonds. The molecule has 5 atom stereocenters. The number of carbonyl (C=O) groups is 1. The predicted octanol–water partition coefficient (Wildman–Crippen LogP) is 3.42.